The molecule has 0 fully saturated rings. The predicted molar refractivity (Wildman–Crippen MR) is 188 cm³/mol. The molecule has 0 atom stereocenters. The molecule has 0 spiro atoms. The van der Waals surface area contributed by atoms with Crippen LogP contribution in [0.4, 0.5) is 0 Å². The number of fused-ring (bicyclic) bond motifs is 2. The maximum Gasteiger partial charge on any atom is 0.119 e. The SMILES string of the molecule is OCCCCC[NH2+]Cc1ccc(OCCOCCOCCOc2ccc(C[NH2+]Cc3c4ccccc4cc4ccccc34)cc2)cc1. The zero-order valence-electron chi connectivity index (χ0n) is 27.4. The van der Waals surface area contributed by atoms with Gasteiger partial charge < -0.3 is 34.7 Å². The van der Waals surface area contributed by atoms with E-state index in [1.165, 1.54) is 38.2 Å². The van der Waals surface area contributed by atoms with E-state index in [1.54, 1.807) is 0 Å². The summed E-state index contributed by atoms with van der Waals surface area (Å²) in [5.41, 5.74) is 3.95. The molecule has 0 saturated heterocycles. The number of quaternary nitrogens is 2. The van der Waals surface area contributed by atoms with Crippen LogP contribution in [0.25, 0.3) is 21.5 Å². The number of aliphatic hydroxyl groups is 1. The van der Waals surface area contributed by atoms with Crippen molar-refractivity contribution < 1.29 is 34.7 Å². The fourth-order valence-electron chi connectivity index (χ4n) is 5.76. The molecular formula is C40H50N2O5+2. The third kappa shape index (κ3) is 11.3. The first-order valence-electron chi connectivity index (χ1n) is 17.0. The zero-order chi connectivity index (χ0) is 32.4. The third-order valence-electron chi connectivity index (χ3n) is 8.27. The average molecular weight is 639 g/mol. The van der Waals surface area contributed by atoms with Gasteiger partial charge in [-0.25, -0.2) is 0 Å². The van der Waals surface area contributed by atoms with Gasteiger partial charge in [-0.05, 0) is 95.4 Å². The van der Waals surface area contributed by atoms with Crippen LogP contribution in [0, 0.1) is 0 Å². The summed E-state index contributed by atoms with van der Waals surface area (Å²) in [5.74, 6) is 1.71. The second-order valence-electron chi connectivity index (χ2n) is 11.8. The summed E-state index contributed by atoms with van der Waals surface area (Å²) in [7, 11) is 0. The number of nitrogens with two attached hydrogens (primary N) is 2. The van der Waals surface area contributed by atoms with E-state index in [1.807, 2.05) is 24.3 Å². The minimum Gasteiger partial charge on any atom is -0.491 e. The summed E-state index contributed by atoms with van der Waals surface area (Å²) in [6.45, 7) is 7.27. The second kappa shape index (κ2) is 19.6. The Morgan fingerprint density at radius 2 is 1.00 bits per heavy atom. The molecule has 5 rings (SSSR count). The van der Waals surface area contributed by atoms with Crippen molar-refractivity contribution in [3.05, 3.63) is 120 Å². The van der Waals surface area contributed by atoms with E-state index in [9.17, 15) is 0 Å². The van der Waals surface area contributed by atoms with E-state index in [2.05, 4.69) is 89.5 Å². The van der Waals surface area contributed by atoms with Gasteiger partial charge in [0.1, 0.15) is 44.3 Å². The first-order valence-corrected chi connectivity index (χ1v) is 17.0. The number of hydrogen-bond acceptors (Lipinski definition) is 5. The standard InChI is InChI=1S/C40H48N2O5/c43-21-7-1-6-20-41-29-32-12-16-36(17-13-32)46-26-24-44-22-23-45-25-27-47-37-18-14-33(15-19-37)30-42-31-40-38-10-4-2-8-34(38)28-35-9-3-5-11-39(35)40/h2-5,8-19,28,41-43H,1,6-7,20-27,29-31H2/p+2. The molecule has 5 aromatic rings. The summed E-state index contributed by atoms with van der Waals surface area (Å²) in [6.07, 6.45) is 3.13. The molecule has 0 heterocycles. The van der Waals surface area contributed by atoms with Gasteiger partial charge in [-0.15, -0.1) is 0 Å². The first kappa shape index (κ1) is 34.4. The van der Waals surface area contributed by atoms with Crippen LogP contribution in [-0.4, -0.2) is 57.9 Å². The second-order valence-corrected chi connectivity index (χ2v) is 11.8. The normalized spacial score (nSPS) is 11.3. The van der Waals surface area contributed by atoms with Crippen LogP contribution in [0.5, 0.6) is 11.5 Å². The highest BCUT2D eigenvalue weighted by Crippen LogP contribution is 2.27. The van der Waals surface area contributed by atoms with E-state index in [0.717, 1.165) is 56.9 Å². The predicted octanol–water partition coefficient (Wildman–Crippen LogP) is 4.97. The van der Waals surface area contributed by atoms with Gasteiger partial charge in [0.15, 0.2) is 0 Å². The third-order valence-corrected chi connectivity index (χ3v) is 8.27. The smallest absolute Gasteiger partial charge is 0.119 e. The highest BCUT2D eigenvalue weighted by molar-refractivity contribution is 6.02. The van der Waals surface area contributed by atoms with Crippen molar-refractivity contribution in [3.8, 4) is 11.5 Å². The molecule has 47 heavy (non-hydrogen) atoms. The molecule has 0 radical (unpaired) electrons. The molecule has 5 N–H and O–H groups in total. The summed E-state index contributed by atoms with van der Waals surface area (Å²) in [6, 6.07) is 36.2. The van der Waals surface area contributed by atoms with Crippen LogP contribution < -0.4 is 20.1 Å². The number of unbranched alkanes of at least 4 members (excludes halogenated alkanes) is 2. The van der Waals surface area contributed by atoms with Gasteiger partial charge in [0, 0.05) is 23.3 Å². The van der Waals surface area contributed by atoms with Gasteiger partial charge in [-0.1, -0.05) is 48.5 Å². The van der Waals surface area contributed by atoms with Crippen molar-refractivity contribution in [3.63, 3.8) is 0 Å². The first-order chi connectivity index (χ1) is 23.3. The van der Waals surface area contributed by atoms with Crippen molar-refractivity contribution in [2.45, 2.75) is 38.9 Å². The molecule has 0 amide bonds. The molecule has 248 valence electrons. The fraction of sp³-hybridized carbons (Fsp3) is 0.350. The van der Waals surface area contributed by atoms with Gasteiger partial charge in [0.2, 0.25) is 0 Å². The molecule has 7 heteroatoms. The van der Waals surface area contributed by atoms with Crippen molar-refractivity contribution in [1.82, 2.24) is 0 Å². The minimum atomic E-state index is 0.291. The lowest BCUT2D eigenvalue weighted by molar-refractivity contribution is -0.685. The molecule has 0 saturated carbocycles. The lowest BCUT2D eigenvalue weighted by Gasteiger charge is -2.11. The molecule has 0 unspecified atom stereocenters. The van der Waals surface area contributed by atoms with E-state index < -0.39 is 0 Å². The van der Waals surface area contributed by atoms with Crippen LogP contribution in [-0.2, 0) is 29.1 Å². The zero-order valence-corrected chi connectivity index (χ0v) is 27.4. The maximum atomic E-state index is 8.84. The summed E-state index contributed by atoms with van der Waals surface area (Å²) in [5, 5.41) is 18.8. The van der Waals surface area contributed by atoms with E-state index in [0.29, 0.717) is 46.2 Å². The molecule has 5 aromatic carbocycles. The number of hydrogen-bond donors (Lipinski definition) is 3. The van der Waals surface area contributed by atoms with Crippen molar-refractivity contribution in [1.29, 1.82) is 0 Å². The Hall–Kier alpha value is -3.98. The Labute approximate surface area is 278 Å². The quantitative estimate of drug-likeness (QED) is 0.0736. The molecule has 0 aliphatic carbocycles. The van der Waals surface area contributed by atoms with E-state index in [-0.39, 0.29) is 0 Å². The van der Waals surface area contributed by atoms with Crippen LogP contribution >= 0.6 is 0 Å². The molecule has 0 aliphatic rings. The highest BCUT2D eigenvalue weighted by Gasteiger charge is 2.09. The monoisotopic (exact) mass is 638 g/mol. The van der Waals surface area contributed by atoms with Gasteiger partial charge in [0.25, 0.3) is 0 Å². The number of rotatable bonds is 22. The summed E-state index contributed by atoms with van der Waals surface area (Å²) in [4.78, 5) is 0. The number of ether oxygens (including phenoxy) is 4. The maximum absolute atomic E-state index is 8.84. The van der Waals surface area contributed by atoms with Crippen LogP contribution in [0.3, 0.4) is 0 Å². The Bertz CT molecular complexity index is 1550. The Morgan fingerprint density at radius 1 is 0.489 bits per heavy atom. The Kier molecular flexibility index (Phi) is 14.3. The van der Waals surface area contributed by atoms with Crippen molar-refractivity contribution >= 4 is 21.5 Å². The van der Waals surface area contributed by atoms with Gasteiger partial charge in [-0.2, -0.15) is 0 Å². The lowest BCUT2D eigenvalue weighted by Crippen LogP contribution is -2.82. The van der Waals surface area contributed by atoms with Gasteiger partial charge >= 0.3 is 0 Å². The van der Waals surface area contributed by atoms with E-state index >= 15 is 0 Å². The minimum absolute atomic E-state index is 0.291. The highest BCUT2D eigenvalue weighted by atomic mass is 16.6. The Morgan fingerprint density at radius 3 is 1.55 bits per heavy atom. The summed E-state index contributed by atoms with van der Waals surface area (Å²) < 4.78 is 23.0. The largest absolute Gasteiger partial charge is 0.491 e. The van der Waals surface area contributed by atoms with Crippen LogP contribution in [0.15, 0.2) is 103 Å². The summed E-state index contributed by atoms with van der Waals surface area (Å²) >= 11 is 0. The van der Waals surface area contributed by atoms with Crippen LogP contribution in [0.1, 0.15) is 36.0 Å². The van der Waals surface area contributed by atoms with E-state index in [4.69, 9.17) is 24.1 Å². The Balaban J connectivity index is 0.892. The molecular weight excluding hydrogens is 588 g/mol. The molecule has 0 bridgehead atoms. The average Bonchev–Trinajstić information content (AvgIpc) is 3.11. The number of aliphatic hydroxyl groups excluding tert-OH is 1. The van der Waals surface area contributed by atoms with Gasteiger partial charge in [-0.3, -0.25) is 0 Å². The topological polar surface area (TPSA) is 90.4 Å². The number of benzene rings is 5. The van der Waals surface area contributed by atoms with Crippen molar-refractivity contribution in [2.75, 3.05) is 52.8 Å². The molecule has 0 aromatic heterocycles. The molecule has 7 nitrogen and oxygen atoms in total. The van der Waals surface area contributed by atoms with Gasteiger partial charge in [0.05, 0.1) is 33.0 Å². The fourth-order valence-corrected chi connectivity index (χ4v) is 5.76. The van der Waals surface area contributed by atoms with Crippen LogP contribution in [0.2, 0.25) is 0 Å². The van der Waals surface area contributed by atoms with Crippen molar-refractivity contribution in [2.24, 2.45) is 0 Å². The molecule has 0 aliphatic heterocycles. The lowest BCUT2D eigenvalue weighted by atomic mass is 9.97.